The van der Waals surface area contributed by atoms with Crippen molar-refractivity contribution in [1.82, 2.24) is 0 Å². The Hall–Kier alpha value is 0.147. The van der Waals surface area contributed by atoms with Gasteiger partial charge in [-0.05, 0) is 11.5 Å². The van der Waals surface area contributed by atoms with Gasteiger partial charge >= 0.3 is 0 Å². The minimum atomic E-state index is -1.29. The van der Waals surface area contributed by atoms with Gasteiger partial charge in [0.25, 0.3) is 0 Å². The highest BCUT2D eigenvalue weighted by molar-refractivity contribution is 6.31. The molecule has 0 saturated carbocycles. The molecule has 0 N–H and O–H groups in total. The van der Waals surface area contributed by atoms with E-state index < -0.39 is 9.85 Å². The van der Waals surface area contributed by atoms with Gasteiger partial charge in [0, 0.05) is 0 Å². The standard InChI is InChI=1S/C8H19FSi/c1-4-7-8(5-2,6-3)10-9/h4-7,10H2,1-3H3. The molecule has 0 nitrogen and oxygen atoms in total. The minimum Gasteiger partial charge on any atom is -0.322 e. The van der Waals surface area contributed by atoms with Gasteiger partial charge in [0.2, 0.25) is 9.85 Å². The maximum Gasteiger partial charge on any atom is 0.222 e. The van der Waals surface area contributed by atoms with Crippen molar-refractivity contribution in [3.63, 3.8) is 0 Å². The molecule has 0 aliphatic heterocycles. The van der Waals surface area contributed by atoms with Gasteiger partial charge in [0.1, 0.15) is 0 Å². The number of hydrogen-bond acceptors (Lipinski definition) is 0. The van der Waals surface area contributed by atoms with E-state index in [1.54, 1.807) is 0 Å². The minimum absolute atomic E-state index is 0.148. The zero-order valence-electron chi connectivity index (χ0n) is 7.41. The molecule has 0 radical (unpaired) electrons. The molecular weight excluding hydrogens is 143 g/mol. The van der Waals surface area contributed by atoms with Crippen molar-refractivity contribution >= 4 is 9.85 Å². The molecule has 0 spiro atoms. The average Bonchev–Trinajstić information content (AvgIpc) is 2.01. The fourth-order valence-electron chi connectivity index (χ4n) is 1.39. The van der Waals surface area contributed by atoms with Gasteiger partial charge in [-0.1, -0.05) is 40.0 Å². The van der Waals surface area contributed by atoms with Crippen LogP contribution in [0.3, 0.4) is 0 Å². The molecule has 0 rings (SSSR count). The van der Waals surface area contributed by atoms with Crippen LogP contribution < -0.4 is 0 Å². The van der Waals surface area contributed by atoms with Crippen LogP contribution in [0, 0.1) is 0 Å². The van der Waals surface area contributed by atoms with E-state index in [1.165, 1.54) is 0 Å². The fourth-order valence-corrected chi connectivity index (χ4v) is 2.25. The molecule has 0 heterocycles. The first-order valence-electron chi connectivity index (χ1n) is 4.30. The van der Waals surface area contributed by atoms with Gasteiger partial charge in [0.15, 0.2) is 0 Å². The van der Waals surface area contributed by atoms with Crippen LogP contribution in [0.1, 0.15) is 46.5 Å². The zero-order valence-corrected chi connectivity index (χ0v) is 8.83. The van der Waals surface area contributed by atoms with Crippen molar-refractivity contribution in [2.24, 2.45) is 0 Å². The first-order valence-corrected chi connectivity index (χ1v) is 5.54. The van der Waals surface area contributed by atoms with Crippen LogP contribution in [-0.4, -0.2) is 9.85 Å². The van der Waals surface area contributed by atoms with E-state index in [4.69, 9.17) is 0 Å². The Morgan fingerprint density at radius 1 is 1.20 bits per heavy atom. The van der Waals surface area contributed by atoms with Crippen molar-refractivity contribution in [2.75, 3.05) is 0 Å². The lowest BCUT2D eigenvalue weighted by Gasteiger charge is -2.26. The lowest BCUT2D eigenvalue weighted by molar-refractivity contribution is 0.449. The third kappa shape index (κ3) is 2.41. The van der Waals surface area contributed by atoms with Crippen molar-refractivity contribution in [2.45, 2.75) is 51.5 Å². The molecule has 0 bridgehead atoms. The van der Waals surface area contributed by atoms with Crippen LogP contribution in [0.25, 0.3) is 0 Å². The van der Waals surface area contributed by atoms with Crippen molar-refractivity contribution in [3.8, 4) is 0 Å². The predicted molar refractivity (Wildman–Crippen MR) is 47.8 cm³/mol. The highest BCUT2D eigenvalue weighted by Crippen LogP contribution is 2.38. The molecule has 0 amide bonds. The quantitative estimate of drug-likeness (QED) is 0.431. The molecule has 0 unspecified atom stereocenters. The smallest absolute Gasteiger partial charge is 0.222 e. The zero-order chi connectivity index (χ0) is 8.04. The molecule has 10 heavy (non-hydrogen) atoms. The predicted octanol–water partition coefficient (Wildman–Crippen LogP) is 2.82. The van der Waals surface area contributed by atoms with E-state index in [0.29, 0.717) is 0 Å². The highest BCUT2D eigenvalue weighted by atomic mass is 28.3. The van der Waals surface area contributed by atoms with Crippen LogP contribution in [0.2, 0.25) is 5.04 Å². The van der Waals surface area contributed by atoms with Crippen LogP contribution in [0.15, 0.2) is 0 Å². The van der Waals surface area contributed by atoms with Crippen LogP contribution >= 0.6 is 0 Å². The maximum atomic E-state index is 12.6. The molecule has 0 aromatic carbocycles. The molecule has 0 aliphatic carbocycles. The summed E-state index contributed by atoms with van der Waals surface area (Å²) in [7, 11) is -1.29. The largest absolute Gasteiger partial charge is 0.322 e. The van der Waals surface area contributed by atoms with Crippen LogP contribution in [0.5, 0.6) is 0 Å². The van der Waals surface area contributed by atoms with Gasteiger partial charge in [-0.25, -0.2) is 0 Å². The maximum absolute atomic E-state index is 12.6. The summed E-state index contributed by atoms with van der Waals surface area (Å²) in [5.74, 6) is 0. The lowest BCUT2D eigenvalue weighted by atomic mass is 9.96. The summed E-state index contributed by atoms with van der Waals surface area (Å²) >= 11 is 0. The molecule has 0 atom stereocenters. The topological polar surface area (TPSA) is 0 Å². The van der Waals surface area contributed by atoms with Gasteiger partial charge < -0.3 is 4.11 Å². The molecule has 0 fully saturated rings. The molecule has 0 aromatic heterocycles. The van der Waals surface area contributed by atoms with E-state index in [9.17, 15) is 4.11 Å². The molecule has 62 valence electrons. The van der Waals surface area contributed by atoms with Gasteiger partial charge in [0.05, 0.1) is 0 Å². The SMILES string of the molecule is CCCC(CC)(CC)[SiH2]F. The summed E-state index contributed by atoms with van der Waals surface area (Å²) in [5, 5.41) is 0.148. The number of halogens is 1. The third-order valence-corrected chi connectivity index (χ3v) is 4.48. The molecule has 0 saturated heterocycles. The second-order valence-electron chi connectivity index (χ2n) is 3.09. The van der Waals surface area contributed by atoms with Crippen molar-refractivity contribution in [1.29, 1.82) is 0 Å². The van der Waals surface area contributed by atoms with E-state index in [1.807, 2.05) is 0 Å². The number of rotatable bonds is 5. The normalized spacial score (nSPS) is 13.2. The molecule has 2 heteroatoms. The highest BCUT2D eigenvalue weighted by Gasteiger charge is 2.25. The fraction of sp³-hybridized carbons (Fsp3) is 1.00. The van der Waals surface area contributed by atoms with E-state index in [0.717, 1.165) is 25.7 Å². The number of hydrogen-bond donors (Lipinski definition) is 0. The Morgan fingerprint density at radius 2 is 1.70 bits per heavy atom. The summed E-state index contributed by atoms with van der Waals surface area (Å²) in [6.07, 6.45) is 4.32. The van der Waals surface area contributed by atoms with E-state index >= 15 is 0 Å². The third-order valence-electron chi connectivity index (χ3n) is 2.56. The first kappa shape index (κ1) is 10.1. The van der Waals surface area contributed by atoms with E-state index in [2.05, 4.69) is 20.8 Å². The Morgan fingerprint density at radius 3 is 1.80 bits per heavy atom. The van der Waals surface area contributed by atoms with E-state index in [-0.39, 0.29) is 5.04 Å². The Balaban J connectivity index is 3.87. The second-order valence-corrected chi connectivity index (χ2v) is 4.86. The molecule has 0 aliphatic rings. The Bertz CT molecular complexity index is 71.1. The van der Waals surface area contributed by atoms with Crippen LogP contribution in [-0.2, 0) is 0 Å². The summed E-state index contributed by atoms with van der Waals surface area (Å²) in [4.78, 5) is 0. The molecular formula is C8H19FSi. The van der Waals surface area contributed by atoms with Crippen molar-refractivity contribution < 1.29 is 4.11 Å². The monoisotopic (exact) mass is 162 g/mol. The van der Waals surface area contributed by atoms with Crippen molar-refractivity contribution in [3.05, 3.63) is 0 Å². The van der Waals surface area contributed by atoms with Crippen LogP contribution in [0.4, 0.5) is 4.11 Å². The summed E-state index contributed by atoms with van der Waals surface area (Å²) in [6.45, 7) is 6.38. The summed E-state index contributed by atoms with van der Waals surface area (Å²) < 4.78 is 12.6. The average molecular weight is 162 g/mol. The summed E-state index contributed by atoms with van der Waals surface area (Å²) in [5.41, 5.74) is 0. The second kappa shape index (κ2) is 4.89. The first-order chi connectivity index (χ1) is 4.74. The Kier molecular flexibility index (Phi) is 4.96. The lowest BCUT2D eigenvalue weighted by Crippen LogP contribution is -2.15. The van der Waals surface area contributed by atoms with Gasteiger partial charge in [-0.2, -0.15) is 0 Å². The Labute approximate surface area is 66.2 Å². The van der Waals surface area contributed by atoms with Gasteiger partial charge in [-0.15, -0.1) is 0 Å². The summed E-state index contributed by atoms with van der Waals surface area (Å²) in [6, 6.07) is 0. The van der Waals surface area contributed by atoms with Gasteiger partial charge in [-0.3, -0.25) is 0 Å². The molecule has 0 aromatic rings.